The van der Waals surface area contributed by atoms with E-state index in [4.69, 9.17) is 5.11 Å². The van der Waals surface area contributed by atoms with Crippen LogP contribution in [0.5, 0.6) is 0 Å². The van der Waals surface area contributed by atoms with Crippen molar-refractivity contribution in [2.75, 3.05) is 0 Å². The van der Waals surface area contributed by atoms with Gasteiger partial charge in [-0.05, 0) is 25.7 Å². The first-order chi connectivity index (χ1) is 7.27. The summed E-state index contributed by atoms with van der Waals surface area (Å²) in [6.45, 7) is 2.20. The van der Waals surface area contributed by atoms with Crippen molar-refractivity contribution < 1.29 is 9.90 Å². The first-order valence-electron chi connectivity index (χ1n) is 6.14. The number of carbonyl (C=O) groups is 1. The van der Waals surface area contributed by atoms with Crippen LogP contribution in [0.2, 0.25) is 0 Å². The fourth-order valence-electron chi connectivity index (χ4n) is 1.45. The van der Waals surface area contributed by atoms with Crippen LogP contribution in [0.3, 0.4) is 0 Å². The van der Waals surface area contributed by atoms with Crippen LogP contribution in [0.15, 0.2) is 12.2 Å². The minimum Gasteiger partial charge on any atom is -0.481 e. The van der Waals surface area contributed by atoms with Gasteiger partial charge >= 0.3 is 5.97 Å². The molecule has 0 saturated heterocycles. The zero-order valence-electron chi connectivity index (χ0n) is 9.87. The first kappa shape index (κ1) is 14.2. The van der Waals surface area contributed by atoms with E-state index in [2.05, 4.69) is 19.1 Å². The molecule has 2 heteroatoms. The van der Waals surface area contributed by atoms with E-state index in [1.54, 1.807) is 0 Å². The van der Waals surface area contributed by atoms with Gasteiger partial charge in [-0.25, -0.2) is 0 Å². The first-order valence-corrected chi connectivity index (χ1v) is 6.14. The van der Waals surface area contributed by atoms with Crippen LogP contribution in [0.25, 0.3) is 0 Å². The van der Waals surface area contributed by atoms with Crippen LogP contribution in [0.4, 0.5) is 0 Å². The number of hydrogen-bond donors (Lipinski definition) is 1. The molecule has 0 aliphatic rings. The van der Waals surface area contributed by atoms with Gasteiger partial charge in [0.2, 0.25) is 0 Å². The minimum absolute atomic E-state index is 0.326. The smallest absolute Gasteiger partial charge is 0.303 e. The number of carboxylic acids is 1. The molecule has 0 saturated carbocycles. The number of carboxylic acid groups (broad SMARTS) is 1. The van der Waals surface area contributed by atoms with Gasteiger partial charge in [-0.15, -0.1) is 0 Å². The predicted octanol–water partition coefficient (Wildman–Crippen LogP) is 4.16. The van der Waals surface area contributed by atoms with Crippen molar-refractivity contribution in [1.29, 1.82) is 0 Å². The largest absolute Gasteiger partial charge is 0.481 e. The van der Waals surface area contributed by atoms with Gasteiger partial charge in [-0.1, -0.05) is 44.8 Å². The van der Waals surface area contributed by atoms with E-state index in [1.807, 2.05) is 0 Å². The number of unbranched alkanes of at least 4 members (excludes halogenated alkanes) is 6. The lowest BCUT2D eigenvalue weighted by molar-refractivity contribution is -0.137. The molecule has 0 fully saturated rings. The molecule has 88 valence electrons. The molecule has 0 aliphatic carbocycles. The number of rotatable bonds is 10. The topological polar surface area (TPSA) is 37.3 Å². The maximum absolute atomic E-state index is 10.2. The quantitative estimate of drug-likeness (QED) is 0.436. The Balaban J connectivity index is 3.04. The van der Waals surface area contributed by atoms with Crippen LogP contribution in [-0.4, -0.2) is 11.1 Å². The molecule has 0 unspecified atom stereocenters. The SMILES string of the molecule is CCCC/C=C\CCCCCCC(=O)O. The van der Waals surface area contributed by atoms with Gasteiger partial charge in [0.25, 0.3) is 0 Å². The molecule has 0 aromatic carbocycles. The Morgan fingerprint density at radius 1 is 1.00 bits per heavy atom. The minimum atomic E-state index is -0.672. The maximum Gasteiger partial charge on any atom is 0.303 e. The Morgan fingerprint density at radius 3 is 2.20 bits per heavy atom. The van der Waals surface area contributed by atoms with Crippen molar-refractivity contribution in [1.82, 2.24) is 0 Å². The van der Waals surface area contributed by atoms with Gasteiger partial charge in [0.05, 0.1) is 0 Å². The molecule has 0 radical (unpaired) electrons. The van der Waals surface area contributed by atoms with E-state index in [1.165, 1.54) is 25.7 Å². The molecule has 0 aromatic rings. The fraction of sp³-hybridized carbons (Fsp3) is 0.769. The summed E-state index contributed by atoms with van der Waals surface area (Å²) in [5.41, 5.74) is 0. The number of aliphatic carboxylic acids is 1. The Kier molecular flexibility index (Phi) is 10.7. The molecule has 1 N–H and O–H groups in total. The monoisotopic (exact) mass is 212 g/mol. The lowest BCUT2D eigenvalue weighted by atomic mass is 10.1. The van der Waals surface area contributed by atoms with Gasteiger partial charge in [0.1, 0.15) is 0 Å². The van der Waals surface area contributed by atoms with Crippen LogP contribution in [-0.2, 0) is 4.79 Å². The van der Waals surface area contributed by atoms with Crippen molar-refractivity contribution >= 4 is 5.97 Å². The van der Waals surface area contributed by atoms with Gasteiger partial charge < -0.3 is 5.11 Å². The van der Waals surface area contributed by atoms with Crippen molar-refractivity contribution in [2.45, 2.75) is 64.7 Å². The average Bonchev–Trinajstić information content (AvgIpc) is 2.20. The molecule has 0 aliphatic heterocycles. The molecule has 2 nitrogen and oxygen atoms in total. The summed E-state index contributed by atoms with van der Waals surface area (Å²) in [6.07, 6.45) is 14.0. The third-order valence-electron chi connectivity index (χ3n) is 2.40. The summed E-state index contributed by atoms with van der Waals surface area (Å²) < 4.78 is 0. The zero-order chi connectivity index (χ0) is 11.4. The summed E-state index contributed by atoms with van der Waals surface area (Å²) in [5.74, 6) is -0.672. The highest BCUT2D eigenvalue weighted by Crippen LogP contribution is 2.06. The van der Waals surface area contributed by atoms with Crippen molar-refractivity contribution in [3.8, 4) is 0 Å². The van der Waals surface area contributed by atoms with Crippen LogP contribution >= 0.6 is 0 Å². The van der Waals surface area contributed by atoms with E-state index >= 15 is 0 Å². The van der Waals surface area contributed by atoms with Crippen molar-refractivity contribution in [3.05, 3.63) is 12.2 Å². The van der Waals surface area contributed by atoms with Crippen LogP contribution < -0.4 is 0 Å². The molecular weight excluding hydrogens is 188 g/mol. The second-order valence-corrected chi connectivity index (χ2v) is 3.96. The highest BCUT2D eigenvalue weighted by molar-refractivity contribution is 5.66. The Bertz CT molecular complexity index is 173. The molecule has 0 amide bonds. The number of allylic oxidation sites excluding steroid dienone is 2. The zero-order valence-corrected chi connectivity index (χ0v) is 9.87. The molecule has 0 bridgehead atoms. The second-order valence-electron chi connectivity index (χ2n) is 3.96. The summed E-state index contributed by atoms with van der Waals surface area (Å²) in [7, 11) is 0. The summed E-state index contributed by atoms with van der Waals surface area (Å²) in [4.78, 5) is 10.2. The Labute approximate surface area is 93.4 Å². The molecule has 0 aromatic heterocycles. The van der Waals surface area contributed by atoms with E-state index < -0.39 is 5.97 Å². The maximum atomic E-state index is 10.2. The standard InChI is InChI=1S/C13H24O2/c1-2-3-4-5-6-7-8-9-10-11-12-13(14)15/h5-6H,2-4,7-12H2,1H3,(H,14,15)/b6-5-. The Hall–Kier alpha value is -0.790. The average molecular weight is 212 g/mol. The molecule has 0 heterocycles. The normalized spacial score (nSPS) is 11.0. The van der Waals surface area contributed by atoms with Crippen molar-refractivity contribution in [2.24, 2.45) is 0 Å². The predicted molar refractivity (Wildman–Crippen MR) is 64.0 cm³/mol. The molecular formula is C13H24O2. The lowest BCUT2D eigenvalue weighted by Gasteiger charge is -1.96. The highest BCUT2D eigenvalue weighted by atomic mass is 16.4. The molecule has 0 spiro atoms. The van der Waals surface area contributed by atoms with Crippen molar-refractivity contribution in [3.63, 3.8) is 0 Å². The summed E-state index contributed by atoms with van der Waals surface area (Å²) in [5, 5.41) is 8.43. The van der Waals surface area contributed by atoms with Gasteiger partial charge in [0.15, 0.2) is 0 Å². The van der Waals surface area contributed by atoms with Crippen LogP contribution in [0.1, 0.15) is 64.7 Å². The second kappa shape index (κ2) is 11.3. The summed E-state index contributed by atoms with van der Waals surface area (Å²) in [6, 6.07) is 0. The van der Waals surface area contributed by atoms with Gasteiger partial charge in [-0.3, -0.25) is 4.79 Å². The van der Waals surface area contributed by atoms with E-state index in [9.17, 15) is 4.79 Å². The van der Waals surface area contributed by atoms with Gasteiger partial charge in [-0.2, -0.15) is 0 Å². The highest BCUT2D eigenvalue weighted by Gasteiger charge is 1.95. The third-order valence-corrected chi connectivity index (χ3v) is 2.40. The lowest BCUT2D eigenvalue weighted by Crippen LogP contribution is -1.93. The van der Waals surface area contributed by atoms with E-state index in [0.717, 1.165) is 25.7 Å². The Morgan fingerprint density at radius 2 is 1.60 bits per heavy atom. The van der Waals surface area contributed by atoms with E-state index in [-0.39, 0.29) is 0 Å². The fourth-order valence-corrected chi connectivity index (χ4v) is 1.45. The van der Waals surface area contributed by atoms with Gasteiger partial charge in [0, 0.05) is 6.42 Å². The third kappa shape index (κ3) is 13.2. The number of hydrogen-bond acceptors (Lipinski definition) is 1. The van der Waals surface area contributed by atoms with Crippen LogP contribution in [0, 0.1) is 0 Å². The molecule has 15 heavy (non-hydrogen) atoms. The van der Waals surface area contributed by atoms with E-state index in [0.29, 0.717) is 6.42 Å². The molecule has 0 atom stereocenters. The molecule has 0 rings (SSSR count). The summed E-state index contributed by atoms with van der Waals surface area (Å²) >= 11 is 0.